The van der Waals surface area contributed by atoms with Crippen LogP contribution >= 0.6 is 0 Å². The molecule has 0 bridgehead atoms. The van der Waals surface area contributed by atoms with Gasteiger partial charge in [-0.3, -0.25) is 0 Å². The highest BCUT2D eigenvalue weighted by Gasteiger charge is 2.19. The topological polar surface area (TPSA) is 85.3 Å². The van der Waals surface area contributed by atoms with Crippen LogP contribution in [0.5, 0.6) is 0 Å². The van der Waals surface area contributed by atoms with E-state index < -0.39 is 15.8 Å². The van der Waals surface area contributed by atoms with Crippen molar-refractivity contribution in [1.82, 2.24) is 4.72 Å². The number of rotatable bonds is 5. The first-order valence-corrected chi connectivity index (χ1v) is 7.02. The van der Waals surface area contributed by atoms with E-state index in [2.05, 4.69) is 4.72 Å². The van der Waals surface area contributed by atoms with Gasteiger partial charge in [0.1, 0.15) is 11.6 Å². The smallest absolute Gasteiger partial charge is 0.241 e. The first kappa shape index (κ1) is 13.7. The molecular weight excluding hydrogens is 271 g/mol. The lowest BCUT2D eigenvalue weighted by Gasteiger charge is -2.09. The third-order valence-corrected chi connectivity index (χ3v) is 4.04. The van der Waals surface area contributed by atoms with Crippen molar-refractivity contribution in [3.63, 3.8) is 0 Å². The molecule has 0 aliphatic carbocycles. The average Bonchev–Trinajstić information content (AvgIpc) is 2.89. The fraction of sp³-hybridized carbons (Fsp3) is 0.167. The highest BCUT2D eigenvalue weighted by atomic mass is 32.2. The van der Waals surface area contributed by atoms with E-state index in [9.17, 15) is 12.8 Å². The molecule has 3 N–H and O–H groups in total. The number of sulfonamides is 1. The normalized spacial score (nSPS) is 11.7. The van der Waals surface area contributed by atoms with Crippen molar-refractivity contribution >= 4 is 10.0 Å². The molecule has 7 heteroatoms. The number of nitrogens with one attached hydrogen (secondary N) is 1. The van der Waals surface area contributed by atoms with Crippen LogP contribution in [-0.4, -0.2) is 8.42 Å². The minimum absolute atomic E-state index is 0.00411. The number of hydrogen-bond donors (Lipinski definition) is 2. The summed E-state index contributed by atoms with van der Waals surface area (Å²) in [7, 11) is -3.83. The largest absolute Gasteiger partial charge is 0.468 e. The van der Waals surface area contributed by atoms with E-state index in [-0.39, 0.29) is 18.0 Å². The SMILES string of the molecule is NCc1ccc(F)cc1S(=O)(=O)NCc1ccco1. The minimum atomic E-state index is -3.83. The van der Waals surface area contributed by atoms with Crippen LogP contribution in [-0.2, 0) is 23.1 Å². The van der Waals surface area contributed by atoms with Crippen LogP contribution < -0.4 is 10.5 Å². The van der Waals surface area contributed by atoms with Crippen molar-refractivity contribution in [2.45, 2.75) is 18.0 Å². The first-order valence-electron chi connectivity index (χ1n) is 5.53. The Labute approximate surface area is 110 Å². The summed E-state index contributed by atoms with van der Waals surface area (Å²) in [5, 5.41) is 0. The number of nitrogens with two attached hydrogens (primary N) is 1. The fourth-order valence-corrected chi connectivity index (χ4v) is 2.86. The van der Waals surface area contributed by atoms with Gasteiger partial charge >= 0.3 is 0 Å². The first-order chi connectivity index (χ1) is 9.03. The van der Waals surface area contributed by atoms with Gasteiger partial charge < -0.3 is 10.2 Å². The van der Waals surface area contributed by atoms with Gasteiger partial charge in [0.05, 0.1) is 17.7 Å². The maximum Gasteiger partial charge on any atom is 0.241 e. The molecule has 0 spiro atoms. The number of furan rings is 1. The molecular formula is C12H13FN2O3S. The van der Waals surface area contributed by atoms with Gasteiger partial charge in [-0.25, -0.2) is 17.5 Å². The van der Waals surface area contributed by atoms with Gasteiger partial charge in [0, 0.05) is 6.54 Å². The van der Waals surface area contributed by atoms with E-state index in [0.29, 0.717) is 11.3 Å². The minimum Gasteiger partial charge on any atom is -0.468 e. The summed E-state index contributed by atoms with van der Waals surface area (Å²) in [6.07, 6.45) is 1.44. The maximum atomic E-state index is 13.2. The van der Waals surface area contributed by atoms with Crippen LogP contribution in [0.1, 0.15) is 11.3 Å². The van der Waals surface area contributed by atoms with Gasteiger partial charge in [-0.2, -0.15) is 0 Å². The quantitative estimate of drug-likeness (QED) is 0.868. The third kappa shape index (κ3) is 3.19. The van der Waals surface area contributed by atoms with Crippen molar-refractivity contribution in [2.75, 3.05) is 0 Å². The lowest BCUT2D eigenvalue weighted by molar-refractivity contribution is 0.498. The molecule has 0 fully saturated rings. The Kier molecular flexibility index (Phi) is 3.98. The van der Waals surface area contributed by atoms with Gasteiger partial charge in [-0.15, -0.1) is 0 Å². The van der Waals surface area contributed by atoms with Gasteiger partial charge in [-0.05, 0) is 29.8 Å². The molecule has 0 amide bonds. The summed E-state index contributed by atoms with van der Waals surface area (Å²) in [4.78, 5) is -0.151. The van der Waals surface area contributed by atoms with Crippen molar-refractivity contribution in [3.8, 4) is 0 Å². The van der Waals surface area contributed by atoms with E-state index in [0.717, 1.165) is 6.07 Å². The Morgan fingerprint density at radius 1 is 1.32 bits per heavy atom. The number of halogens is 1. The average molecular weight is 284 g/mol. The zero-order valence-corrected chi connectivity index (χ0v) is 10.8. The second-order valence-corrected chi connectivity index (χ2v) is 5.60. The standard InChI is InChI=1S/C12H13FN2O3S/c13-10-4-3-9(7-14)12(6-10)19(16,17)15-8-11-2-1-5-18-11/h1-6,15H,7-8,14H2. The Morgan fingerprint density at radius 2 is 2.11 bits per heavy atom. The molecule has 19 heavy (non-hydrogen) atoms. The summed E-state index contributed by atoms with van der Waals surface area (Å²) in [6.45, 7) is 0.00708. The van der Waals surface area contributed by atoms with Gasteiger partial charge in [0.2, 0.25) is 10.0 Å². The summed E-state index contributed by atoms with van der Waals surface area (Å²) < 4.78 is 44.7. The predicted octanol–water partition coefficient (Wildman–Crippen LogP) is 1.36. The summed E-state index contributed by atoms with van der Waals surface area (Å²) in [6, 6.07) is 6.77. The second-order valence-electron chi connectivity index (χ2n) is 3.86. The van der Waals surface area contributed by atoms with Crippen LogP contribution in [0.3, 0.4) is 0 Å². The van der Waals surface area contributed by atoms with Crippen LogP contribution in [0.25, 0.3) is 0 Å². The number of hydrogen-bond acceptors (Lipinski definition) is 4. The Morgan fingerprint density at radius 3 is 2.74 bits per heavy atom. The molecule has 1 aromatic heterocycles. The molecule has 0 saturated heterocycles. The Balaban J connectivity index is 2.26. The van der Waals surface area contributed by atoms with E-state index >= 15 is 0 Å². The van der Waals surface area contributed by atoms with E-state index in [1.807, 2.05) is 0 Å². The summed E-state index contributed by atoms with van der Waals surface area (Å²) in [5.74, 6) is -0.162. The van der Waals surface area contributed by atoms with Gasteiger partial charge in [0.25, 0.3) is 0 Å². The lowest BCUT2D eigenvalue weighted by Crippen LogP contribution is -2.24. The third-order valence-electron chi connectivity index (χ3n) is 2.56. The molecule has 1 aromatic carbocycles. The van der Waals surface area contributed by atoms with Crippen LogP contribution in [0.15, 0.2) is 45.9 Å². The zero-order chi connectivity index (χ0) is 13.9. The molecule has 2 aromatic rings. The van der Waals surface area contributed by atoms with Crippen LogP contribution in [0, 0.1) is 5.82 Å². The second kappa shape index (κ2) is 5.52. The molecule has 0 saturated carbocycles. The molecule has 0 aliphatic heterocycles. The highest BCUT2D eigenvalue weighted by molar-refractivity contribution is 7.89. The molecule has 0 unspecified atom stereocenters. The lowest BCUT2D eigenvalue weighted by atomic mass is 10.2. The van der Waals surface area contributed by atoms with Gasteiger partial charge in [0.15, 0.2) is 0 Å². The van der Waals surface area contributed by atoms with E-state index in [1.165, 1.54) is 18.4 Å². The molecule has 2 rings (SSSR count). The van der Waals surface area contributed by atoms with Crippen LogP contribution in [0.4, 0.5) is 4.39 Å². The summed E-state index contributed by atoms with van der Waals surface area (Å²) >= 11 is 0. The molecule has 0 radical (unpaired) electrons. The van der Waals surface area contributed by atoms with Crippen molar-refractivity contribution in [1.29, 1.82) is 0 Å². The van der Waals surface area contributed by atoms with Crippen LogP contribution in [0.2, 0.25) is 0 Å². The maximum absolute atomic E-state index is 13.2. The summed E-state index contributed by atoms with van der Waals surface area (Å²) in [5.41, 5.74) is 5.81. The van der Waals surface area contributed by atoms with E-state index in [4.69, 9.17) is 10.2 Å². The Hall–Kier alpha value is -1.70. The fourth-order valence-electron chi connectivity index (χ4n) is 1.60. The highest BCUT2D eigenvalue weighted by Crippen LogP contribution is 2.17. The van der Waals surface area contributed by atoms with Gasteiger partial charge in [-0.1, -0.05) is 6.07 Å². The molecule has 0 atom stereocenters. The zero-order valence-electron chi connectivity index (χ0n) is 9.97. The van der Waals surface area contributed by atoms with Crippen molar-refractivity contribution < 1.29 is 17.2 Å². The molecule has 0 aliphatic rings. The molecule has 1 heterocycles. The predicted molar refractivity (Wildman–Crippen MR) is 67.0 cm³/mol. The number of benzene rings is 1. The molecule has 5 nitrogen and oxygen atoms in total. The van der Waals surface area contributed by atoms with Crippen molar-refractivity contribution in [2.24, 2.45) is 5.73 Å². The van der Waals surface area contributed by atoms with E-state index in [1.54, 1.807) is 12.1 Å². The monoisotopic (exact) mass is 284 g/mol. The Bertz CT molecular complexity index is 654. The molecule has 102 valence electrons. The van der Waals surface area contributed by atoms with Crippen molar-refractivity contribution in [3.05, 3.63) is 53.7 Å².